The standard InChI is InChI=1S/C19H13FN2O2S2/c20-15-6-2-1-5-14(15)17-8-7-13(26-17)10-16-18(23)22(19(25)21-16)11-12-4-3-9-24-12/h1-10H,11H2,(H,21,25). The molecule has 1 N–H and O–H groups in total. The SMILES string of the molecule is O=C1C(=Cc2ccc(-c3ccccc3F)s2)NC(=S)N1Cc1ccco1. The highest BCUT2D eigenvalue weighted by atomic mass is 32.1. The Labute approximate surface area is 158 Å². The Hall–Kier alpha value is -2.77. The third-order valence-corrected chi connectivity index (χ3v) is 5.30. The number of hydrogen-bond donors (Lipinski definition) is 1. The van der Waals surface area contributed by atoms with Crippen LogP contribution in [-0.2, 0) is 11.3 Å². The zero-order valence-electron chi connectivity index (χ0n) is 13.4. The van der Waals surface area contributed by atoms with E-state index in [9.17, 15) is 9.18 Å². The maximum atomic E-state index is 13.9. The number of thiocarbonyl (C=S) groups is 1. The number of rotatable bonds is 4. The fourth-order valence-corrected chi connectivity index (χ4v) is 3.89. The van der Waals surface area contributed by atoms with Crippen LogP contribution >= 0.6 is 23.6 Å². The lowest BCUT2D eigenvalue weighted by Crippen LogP contribution is -2.29. The quantitative estimate of drug-likeness (QED) is 0.535. The van der Waals surface area contributed by atoms with Crippen molar-refractivity contribution in [3.8, 4) is 10.4 Å². The maximum absolute atomic E-state index is 13.9. The van der Waals surface area contributed by atoms with E-state index in [1.807, 2.05) is 12.1 Å². The minimum atomic E-state index is -0.269. The van der Waals surface area contributed by atoms with E-state index in [4.69, 9.17) is 16.6 Å². The number of thiophene rings is 1. The summed E-state index contributed by atoms with van der Waals surface area (Å²) in [6.07, 6.45) is 3.28. The zero-order chi connectivity index (χ0) is 18.1. The van der Waals surface area contributed by atoms with Crippen LogP contribution in [0.3, 0.4) is 0 Å². The van der Waals surface area contributed by atoms with E-state index in [0.717, 1.165) is 9.75 Å². The van der Waals surface area contributed by atoms with Crippen LogP contribution in [0.1, 0.15) is 10.6 Å². The van der Waals surface area contributed by atoms with Crippen LogP contribution in [0.2, 0.25) is 0 Å². The van der Waals surface area contributed by atoms with Gasteiger partial charge in [0.25, 0.3) is 5.91 Å². The molecule has 1 fully saturated rings. The van der Waals surface area contributed by atoms with Gasteiger partial charge in [0, 0.05) is 15.3 Å². The molecule has 0 bridgehead atoms. The summed E-state index contributed by atoms with van der Waals surface area (Å²) >= 11 is 6.66. The topological polar surface area (TPSA) is 45.5 Å². The van der Waals surface area contributed by atoms with Gasteiger partial charge in [-0.25, -0.2) is 4.39 Å². The molecule has 1 aliphatic rings. The number of amides is 1. The van der Waals surface area contributed by atoms with Gasteiger partial charge in [-0.05, 0) is 48.6 Å². The first-order chi connectivity index (χ1) is 12.6. The lowest BCUT2D eigenvalue weighted by atomic mass is 10.2. The molecule has 3 aromatic rings. The molecule has 26 heavy (non-hydrogen) atoms. The van der Waals surface area contributed by atoms with Gasteiger partial charge < -0.3 is 9.73 Å². The molecule has 1 saturated heterocycles. The highest BCUT2D eigenvalue weighted by molar-refractivity contribution is 7.80. The monoisotopic (exact) mass is 384 g/mol. The molecule has 1 amide bonds. The van der Waals surface area contributed by atoms with Gasteiger partial charge in [-0.3, -0.25) is 9.69 Å². The number of carbonyl (C=O) groups is 1. The van der Waals surface area contributed by atoms with Crippen LogP contribution in [0.25, 0.3) is 16.5 Å². The van der Waals surface area contributed by atoms with E-state index in [1.165, 1.54) is 22.3 Å². The van der Waals surface area contributed by atoms with Crippen LogP contribution in [0.15, 0.2) is 64.9 Å². The highest BCUT2D eigenvalue weighted by Crippen LogP contribution is 2.31. The number of furan rings is 1. The summed E-state index contributed by atoms with van der Waals surface area (Å²) in [6.45, 7) is 0.278. The zero-order valence-corrected chi connectivity index (χ0v) is 15.1. The molecular formula is C19H13FN2O2S2. The molecule has 0 spiro atoms. The number of hydrogen-bond acceptors (Lipinski definition) is 4. The molecule has 0 unspecified atom stereocenters. The van der Waals surface area contributed by atoms with Crippen molar-refractivity contribution in [2.75, 3.05) is 0 Å². The van der Waals surface area contributed by atoms with Crippen LogP contribution in [0.4, 0.5) is 4.39 Å². The smallest absolute Gasteiger partial charge is 0.276 e. The van der Waals surface area contributed by atoms with Gasteiger partial charge in [-0.1, -0.05) is 18.2 Å². The van der Waals surface area contributed by atoms with Crippen molar-refractivity contribution >= 4 is 40.7 Å². The van der Waals surface area contributed by atoms with Gasteiger partial charge in [0.15, 0.2) is 5.11 Å². The normalized spacial score (nSPS) is 15.7. The van der Waals surface area contributed by atoms with Crippen molar-refractivity contribution in [1.29, 1.82) is 0 Å². The molecule has 7 heteroatoms. The predicted molar refractivity (Wildman–Crippen MR) is 103 cm³/mol. The van der Waals surface area contributed by atoms with Crippen molar-refractivity contribution in [3.63, 3.8) is 0 Å². The fourth-order valence-electron chi connectivity index (χ4n) is 2.65. The van der Waals surface area contributed by atoms with Gasteiger partial charge in [-0.15, -0.1) is 11.3 Å². The average molecular weight is 384 g/mol. The summed E-state index contributed by atoms with van der Waals surface area (Å²) < 4.78 is 19.2. The molecule has 1 aliphatic heterocycles. The first kappa shape index (κ1) is 16.7. The van der Waals surface area contributed by atoms with E-state index in [0.29, 0.717) is 22.1 Å². The summed E-state index contributed by atoms with van der Waals surface area (Å²) in [7, 11) is 0. The Kier molecular flexibility index (Phi) is 4.40. The number of nitrogens with zero attached hydrogens (tertiary/aromatic N) is 1. The Morgan fingerprint density at radius 2 is 2.04 bits per heavy atom. The molecule has 0 radical (unpaired) electrons. The molecule has 0 aliphatic carbocycles. The Bertz CT molecular complexity index is 1010. The molecule has 3 heterocycles. The van der Waals surface area contributed by atoms with E-state index in [-0.39, 0.29) is 18.3 Å². The predicted octanol–water partition coefficient (Wildman–Crippen LogP) is 4.41. The molecular weight excluding hydrogens is 371 g/mol. The Morgan fingerprint density at radius 1 is 1.19 bits per heavy atom. The van der Waals surface area contributed by atoms with E-state index in [1.54, 1.807) is 42.7 Å². The van der Waals surface area contributed by atoms with Crippen LogP contribution in [0, 0.1) is 5.82 Å². The molecule has 130 valence electrons. The molecule has 4 rings (SSSR count). The van der Waals surface area contributed by atoms with Gasteiger partial charge in [0.1, 0.15) is 17.3 Å². The number of nitrogens with one attached hydrogen (secondary N) is 1. The minimum absolute atomic E-state index is 0.216. The van der Waals surface area contributed by atoms with Gasteiger partial charge >= 0.3 is 0 Å². The van der Waals surface area contributed by atoms with E-state index in [2.05, 4.69) is 5.32 Å². The van der Waals surface area contributed by atoms with Gasteiger partial charge in [-0.2, -0.15) is 0 Å². The second kappa shape index (κ2) is 6.86. The molecule has 4 nitrogen and oxygen atoms in total. The van der Waals surface area contributed by atoms with Crippen LogP contribution in [-0.4, -0.2) is 15.9 Å². The lowest BCUT2D eigenvalue weighted by Gasteiger charge is -2.11. The molecule has 2 aromatic heterocycles. The second-order valence-electron chi connectivity index (χ2n) is 5.64. The molecule has 0 atom stereocenters. The Balaban J connectivity index is 1.56. The Morgan fingerprint density at radius 3 is 2.81 bits per heavy atom. The highest BCUT2D eigenvalue weighted by Gasteiger charge is 2.31. The lowest BCUT2D eigenvalue weighted by molar-refractivity contribution is -0.122. The average Bonchev–Trinajstić information content (AvgIpc) is 3.35. The van der Waals surface area contributed by atoms with Gasteiger partial charge in [0.2, 0.25) is 0 Å². The summed E-state index contributed by atoms with van der Waals surface area (Å²) in [5, 5.41) is 3.27. The summed E-state index contributed by atoms with van der Waals surface area (Å²) in [6, 6.07) is 13.9. The number of carbonyl (C=O) groups excluding carboxylic acids is 1. The van der Waals surface area contributed by atoms with Crippen molar-refractivity contribution in [2.45, 2.75) is 6.54 Å². The minimum Gasteiger partial charge on any atom is -0.467 e. The second-order valence-corrected chi connectivity index (χ2v) is 7.14. The van der Waals surface area contributed by atoms with Gasteiger partial charge in [0.05, 0.1) is 12.8 Å². The van der Waals surface area contributed by atoms with Crippen LogP contribution < -0.4 is 5.32 Å². The third-order valence-electron chi connectivity index (χ3n) is 3.91. The summed E-state index contributed by atoms with van der Waals surface area (Å²) in [4.78, 5) is 15.7. The van der Waals surface area contributed by atoms with Crippen molar-refractivity contribution < 1.29 is 13.6 Å². The first-order valence-electron chi connectivity index (χ1n) is 7.83. The van der Waals surface area contributed by atoms with Crippen LogP contribution in [0.5, 0.6) is 0 Å². The molecule has 1 aromatic carbocycles. The molecule has 0 saturated carbocycles. The number of halogens is 1. The summed E-state index contributed by atoms with van der Waals surface area (Å²) in [5.74, 6) is 0.170. The first-order valence-corrected chi connectivity index (χ1v) is 9.06. The van der Waals surface area contributed by atoms with E-state index >= 15 is 0 Å². The largest absolute Gasteiger partial charge is 0.467 e. The third kappa shape index (κ3) is 3.18. The number of benzene rings is 1. The maximum Gasteiger partial charge on any atom is 0.276 e. The summed E-state index contributed by atoms with van der Waals surface area (Å²) in [5.41, 5.74) is 0.936. The fraction of sp³-hybridized carbons (Fsp3) is 0.0526. The van der Waals surface area contributed by atoms with E-state index < -0.39 is 0 Å². The van der Waals surface area contributed by atoms with Crippen molar-refractivity contribution in [2.24, 2.45) is 0 Å². The van der Waals surface area contributed by atoms with Crippen molar-refractivity contribution in [1.82, 2.24) is 10.2 Å². The van der Waals surface area contributed by atoms with Crippen molar-refractivity contribution in [3.05, 3.63) is 76.9 Å².